The number of carbonyl (C=O) groups is 1. The van der Waals surface area contributed by atoms with Gasteiger partial charge in [-0.2, -0.15) is 0 Å². The van der Waals surface area contributed by atoms with Crippen molar-refractivity contribution in [3.8, 4) is 17.6 Å². The molecule has 5 rings (SSSR count). The van der Waals surface area contributed by atoms with Crippen LogP contribution in [-0.4, -0.2) is 84.4 Å². The van der Waals surface area contributed by atoms with Crippen molar-refractivity contribution in [3.63, 3.8) is 0 Å². The Labute approximate surface area is 284 Å². The average molecular weight is 686 g/mol. The maximum atomic E-state index is 14.9. The molecule has 1 fully saturated rings. The second-order valence-corrected chi connectivity index (χ2v) is 13.5. The van der Waals surface area contributed by atoms with Gasteiger partial charge in [-0.15, -0.1) is 21.5 Å². The van der Waals surface area contributed by atoms with E-state index in [1.54, 1.807) is 19.1 Å². The zero-order chi connectivity index (χ0) is 33.6. The van der Waals surface area contributed by atoms with Crippen molar-refractivity contribution in [2.45, 2.75) is 71.7 Å². The lowest BCUT2D eigenvalue weighted by Crippen LogP contribution is -2.27. The molecule has 0 aliphatic carbocycles. The van der Waals surface area contributed by atoms with Crippen molar-refractivity contribution in [1.29, 1.82) is 0 Å². The molecule has 4 heterocycles. The lowest BCUT2D eigenvalue weighted by atomic mass is 10.0. The van der Waals surface area contributed by atoms with Gasteiger partial charge in [0.25, 0.3) is 0 Å². The first kappa shape index (κ1) is 35.0. The summed E-state index contributed by atoms with van der Waals surface area (Å²) in [7, 11) is 1.99. The summed E-state index contributed by atoms with van der Waals surface area (Å²) in [5, 5.41) is 9.49. The molecule has 13 heteroatoms. The molecule has 0 bridgehead atoms. The third kappa shape index (κ3) is 8.97. The summed E-state index contributed by atoms with van der Waals surface area (Å²) >= 11 is 7.64. The second kappa shape index (κ2) is 15.7. The molecule has 2 aliphatic rings. The van der Waals surface area contributed by atoms with Gasteiger partial charge in [0, 0.05) is 29.1 Å². The van der Waals surface area contributed by atoms with Crippen LogP contribution in [0.5, 0.6) is 5.75 Å². The number of carbonyl (C=O) groups excluding carboxylic acids is 1. The van der Waals surface area contributed by atoms with E-state index in [4.69, 9.17) is 30.5 Å². The van der Waals surface area contributed by atoms with Crippen molar-refractivity contribution < 1.29 is 28.1 Å². The normalized spacial score (nSPS) is 16.9. The van der Waals surface area contributed by atoms with Gasteiger partial charge in [0.15, 0.2) is 39.2 Å². The van der Waals surface area contributed by atoms with Gasteiger partial charge in [-0.25, -0.2) is 14.2 Å². The maximum Gasteiger partial charge on any atom is 0.358 e. The van der Waals surface area contributed by atoms with Crippen LogP contribution in [0, 0.1) is 24.6 Å². The Kier molecular flexibility index (Phi) is 11.7. The molecule has 252 valence electrons. The first-order valence-electron chi connectivity index (χ1n) is 15.9. The van der Waals surface area contributed by atoms with Crippen molar-refractivity contribution in [3.05, 3.63) is 56.4 Å². The lowest BCUT2D eigenvalue weighted by molar-refractivity contribution is -0.139. The number of halogens is 2. The quantitative estimate of drug-likeness (QED) is 0.126. The lowest BCUT2D eigenvalue weighted by Gasteiger charge is -2.28. The van der Waals surface area contributed by atoms with Crippen molar-refractivity contribution in [1.82, 2.24) is 20.1 Å². The van der Waals surface area contributed by atoms with E-state index < -0.39 is 17.6 Å². The molecule has 0 spiro atoms. The molecule has 47 heavy (non-hydrogen) atoms. The molecule has 3 aromatic rings. The minimum atomic E-state index is -0.519. The van der Waals surface area contributed by atoms with Gasteiger partial charge in [-0.3, -0.25) is 4.90 Å². The predicted molar refractivity (Wildman–Crippen MR) is 179 cm³/mol. The zero-order valence-electron chi connectivity index (χ0n) is 27.5. The van der Waals surface area contributed by atoms with E-state index in [0.717, 1.165) is 41.8 Å². The molecule has 0 unspecified atom stereocenters. The van der Waals surface area contributed by atoms with E-state index in [1.165, 1.54) is 17.4 Å². The minimum Gasteiger partial charge on any atom is -0.491 e. The Bertz CT molecular complexity index is 1640. The number of hydrogen-bond acceptors (Lipinski definition) is 11. The van der Waals surface area contributed by atoms with Crippen molar-refractivity contribution in [2.75, 3.05) is 51.4 Å². The molecule has 1 aromatic carbocycles. The van der Waals surface area contributed by atoms with Crippen LogP contribution in [0.3, 0.4) is 0 Å². The Hall–Kier alpha value is -3.34. The van der Waals surface area contributed by atoms with Gasteiger partial charge in [-0.05, 0) is 90.6 Å². The molecule has 0 radical (unpaired) electrons. The van der Waals surface area contributed by atoms with Gasteiger partial charge < -0.3 is 23.8 Å². The average Bonchev–Trinajstić information content (AvgIpc) is 3.63. The highest BCUT2D eigenvalue weighted by Gasteiger charge is 2.32. The molecule has 1 atom stereocenters. The summed E-state index contributed by atoms with van der Waals surface area (Å²) in [6.07, 6.45) is 3.73. The summed E-state index contributed by atoms with van der Waals surface area (Å²) in [6, 6.07) is 4.73. The van der Waals surface area contributed by atoms with Gasteiger partial charge in [0.2, 0.25) is 0 Å². The van der Waals surface area contributed by atoms with Crippen LogP contribution in [0.1, 0.15) is 72.1 Å². The molecule has 2 aromatic heterocycles. The Morgan fingerprint density at radius 1 is 1.32 bits per heavy atom. The fourth-order valence-corrected chi connectivity index (χ4v) is 6.73. The monoisotopic (exact) mass is 685 g/mol. The molecule has 2 aliphatic heterocycles. The van der Waals surface area contributed by atoms with Crippen LogP contribution in [0.2, 0.25) is 5.15 Å². The summed E-state index contributed by atoms with van der Waals surface area (Å²) in [5.74, 6) is 5.54. The number of rotatable bonds is 12. The van der Waals surface area contributed by atoms with Crippen LogP contribution in [0.15, 0.2) is 18.2 Å². The molecule has 1 saturated heterocycles. The molecular weight excluding hydrogens is 645 g/mol. The number of fused-ring (bicyclic) bond motifs is 1. The Morgan fingerprint density at radius 3 is 2.89 bits per heavy atom. The number of esters is 1. The summed E-state index contributed by atoms with van der Waals surface area (Å²) in [6.45, 7) is 10.7. The first-order chi connectivity index (χ1) is 22.5. The van der Waals surface area contributed by atoms with Crippen LogP contribution < -0.4 is 9.64 Å². The van der Waals surface area contributed by atoms with E-state index in [-0.39, 0.29) is 30.8 Å². The van der Waals surface area contributed by atoms with Crippen LogP contribution in [0.4, 0.5) is 15.3 Å². The summed E-state index contributed by atoms with van der Waals surface area (Å²) in [4.78, 5) is 22.4. The number of aryl methyl sites for hydroxylation is 1. The number of hydrogen-bond donors (Lipinski definition) is 0. The molecular formula is C34H41ClFN5O5S. The fourth-order valence-electron chi connectivity index (χ4n) is 5.46. The molecule has 0 saturated carbocycles. The molecule has 0 N–H and O–H groups in total. The third-order valence-electron chi connectivity index (χ3n) is 7.93. The van der Waals surface area contributed by atoms with Crippen LogP contribution in [-0.2, 0) is 27.1 Å². The van der Waals surface area contributed by atoms with Gasteiger partial charge in [0.1, 0.15) is 0 Å². The van der Waals surface area contributed by atoms with Crippen LogP contribution in [0.25, 0.3) is 0 Å². The largest absolute Gasteiger partial charge is 0.491 e. The number of aromatic nitrogens is 3. The van der Waals surface area contributed by atoms with E-state index in [2.05, 4.69) is 31.9 Å². The summed E-state index contributed by atoms with van der Waals surface area (Å²) in [5.41, 5.74) is 2.80. The minimum absolute atomic E-state index is 0.0824. The predicted octanol–water partition coefficient (Wildman–Crippen LogP) is 6.13. The van der Waals surface area contributed by atoms with E-state index in [0.29, 0.717) is 54.2 Å². The second-order valence-electron chi connectivity index (χ2n) is 12.0. The van der Waals surface area contributed by atoms with Gasteiger partial charge >= 0.3 is 5.97 Å². The molecule has 10 nitrogen and oxygen atoms in total. The maximum absolute atomic E-state index is 14.9. The van der Waals surface area contributed by atoms with Crippen LogP contribution >= 0.6 is 22.9 Å². The standard InChI is InChI=1S/C34H41ClFN5O5S/c1-6-43-32(42)29-28(47-33(37-29)41-17-8-11-25-22(2)30(35)38-39-31(25)41)12-9-19-44-27-14-13-23(20-26(27)36)10-7-16-40(5)18-15-24-21-45-34(3,4)46-24/h13-14,20,24H,6,8-9,11-12,15-19,21H2,1-5H3/t24-/m0/s1. The van der Waals surface area contributed by atoms with Gasteiger partial charge in [0.05, 0.1) is 32.5 Å². The highest BCUT2D eigenvalue weighted by molar-refractivity contribution is 7.16. The number of benzene rings is 1. The number of nitrogens with zero attached hydrogens (tertiary/aromatic N) is 5. The van der Waals surface area contributed by atoms with Gasteiger partial charge in [-0.1, -0.05) is 23.4 Å². The van der Waals surface area contributed by atoms with Crippen molar-refractivity contribution >= 4 is 39.9 Å². The number of thiazole rings is 1. The van der Waals surface area contributed by atoms with E-state index in [9.17, 15) is 9.18 Å². The smallest absolute Gasteiger partial charge is 0.358 e. The highest BCUT2D eigenvalue weighted by atomic mass is 35.5. The van der Waals surface area contributed by atoms with E-state index >= 15 is 0 Å². The van der Waals surface area contributed by atoms with Crippen molar-refractivity contribution in [2.24, 2.45) is 0 Å². The summed E-state index contributed by atoms with van der Waals surface area (Å²) < 4.78 is 37.4. The third-order valence-corrected chi connectivity index (χ3v) is 9.43. The van der Waals surface area contributed by atoms with E-state index in [1.807, 2.05) is 32.7 Å². The molecule has 0 amide bonds. The SMILES string of the molecule is CCOC(=O)c1nc(N2CCCc3c2nnc(Cl)c3C)sc1CCCOc1ccc(C#CCN(C)CC[C@H]2COC(C)(C)O2)cc1F. The highest BCUT2D eigenvalue weighted by Crippen LogP contribution is 2.38. The zero-order valence-corrected chi connectivity index (χ0v) is 29.1. The number of ether oxygens (including phenoxy) is 4. The number of anilines is 2. The Morgan fingerprint density at radius 2 is 2.15 bits per heavy atom. The Balaban J connectivity index is 1.15. The first-order valence-corrected chi connectivity index (χ1v) is 17.1. The topological polar surface area (TPSA) is 99.1 Å². The fraction of sp³-hybridized carbons (Fsp3) is 0.529.